The molecule has 0 aliphatic heterocycles. The Morgan fingerprint density at radius 1 is 1.10 bits per heavy atom. The molecule has 0 saturated carbocycles. The molecule has 3 heteroatoms. The number of halogens is 2. The molecule has 0 N–H and O–H groups in total. The van der Waals surface area contributed by atoms with Crippen molar-refractivity contribution in [1.82, 2.24) is 0 Å². The lowest BCUT2D eigenvalue weighted by atomic mass is 10.2. The average Bonchev–Trinajstić information content (AvgIpc) is 1.78. The molecule has 0 saturated heterocycles. The second-order valence-electron chi connectivity index (χ2n) is 2.88. The number of unbranched alkanes of at least 4 members (excludes halogenated alkanes) is 3. The molecule has 0 aromatic carbocycles. The first-order chi connectivity index (χ1) is 4.56. The quantitative estimate of drug-likeness (QED) is 0.399. The van der Waals surface area contributed by atoms with Gasteiger partial charge in [0.1, 0.15) is 0 Å². The van der Waals surface area contributed by atoms with Gasteiger partial charge in [0, 0.05) is 0 Å². The van der Waals surface area contributed by atoms with Gasteiger partial charge in [0.05, 0.1) is 0 Å². The molecular weight excluding hydrogens is 272 g/mol. The highest BCUT2D eigenvalue weighted by Crippen LogP contribution is 2.27. The topological polar surface area (TPSA) is 0 Å². The molecule has 0 unspecified atom stereocenters. The lowest BCUT2D eigenvalue weighted by molar-refractivity contribution is 0.700. The summed E-state index contributed by atoms with van der Waals surface area (Å²) >= 11 is 7.37. The lowest BCUT2D eigenvalue weighted by Crippen LogP contribution is -2.09. The van der Waals surface area contributed by atoms with E-state index in [4.69, 9.17) is 0 Å². The summed E-state index contributed by atoms with van der Waals surface area (Å²) in [4.78, 5) is 0. The zero-order valence-electron chi connectivity index (χ0n) is 6.79. The summed E-state index contributed by atoms with van der Waals surface area (Å²) in [6, 6.07) is 1.35. The van der Waals surface area contributed by atoms with Crippen molar-refractivity contribution in [2.24, 2.45) is 0 Å². The standard InChI is InChI=1S/C7H16Br2Si/c1-3-4-5-6-7-10(2,8)9/h3-7H2,1-2H3. The zero-order valence-corrected chi connectivity index (χ0v) is 11.0. The molecule has 0 heterocycles. The second kappa shape index (κ2) is 5.78. The van der Waals surface area contributed by atoms with Gasteiger partial charge in [-0.3, -0.25) is 0 Å². The largest absolute Gasteiger partial charge is 0.198 e. The average molecular weight is 288 g/mol. The number of hydrogen-bond donors (Lipinski definition) is 0. The van der Waals surface area contributed by atoms with Crippen LogP contribution in [0.1, 0.15) is 32.6 Å². The van der Waals surface area contributed by atoms with E-state index in [-0.39, 0.29) is 0 Å². The van der Waals surface area contributed by atoms with Gasteiger partial charge in [0.25, 0.3) is 0 Å². The minimum absolute atomic E-state index is 1.08. The van der Waals surface area contributed by atoms with E-state index < -0.39 is 5.31 Å². The van der Waals surface area contributed by atoms with Crippen molar-refractivity contribution >= 4 is 35.9 Å². The van der Waals surface area contributed by atoms with Crippen LogP contribution in [-0.4, -0.2) is 5.31 Å². The highest BCUT2D eigenvalue weighted by Gasteiger charge is 2.17. The summed E-state index contributed by atoms with van der Waals surface area (Å²) in [5.41, 5.74) is 0. The van der Waals surface area contributed by atoms with E-state index in [0.717, 1.165) is 0 Å². The van der Waals surface area contributed by atoms with Crippen LogP contribution >= 0.6 is 30.6 Å². The van der Waals surface area contributed by atoms with E-state index in [1.807, 2.05) is 0 Å². The molecule has 0 aromatic heterocycles. The Labute approximate surface area is 80.9 Å². The molecule has 10 heavy (non-hydrogen) atoms. The van der Waals surface area contributed by atoms with Crippen LogP contribution < -0.4 is 0 Å². The third kappa shape index (κ3) is 9.18. The van der Waals surface area contributed by atoms with Crippen LogP contribution in [0, 0.1) is 0 Å². The van der Waals surface area contributed by atoms with Gasteiger partial charge in [-0.2, -0.15) is 0 Å². The molecule has 0 radical (unpaired) electrons. The molecule has 0 rings (SSSR count). The van der Waals surface area contributed by atoms with Crippen LogP contribution in [0.5, 0.6) is 0 Å². The van der Waals surface area contributed by atoms with E-state index in [1.54, 1.807) is 0 Å². The summed E-state index contributed by atoms with van der Waals surface area (Å²) in [5, 5.41) is -1.08. The van der Waals surface area contributed by atoms with Crippen molar-refractivity contribution < 1.29 is 0 Å². The van der Waals surface area contributed by atoms with Crippen LogP contribution in [0.2, 0.25) is 12.6 Å². The van der Waals surface area contributed by atoms with Gasteiger partial charge < -0.3 is 0 Å². The van der Waals surface area contributed by atoms with E-state index in [2.05, 4.69) is 44.1 Å². The van der Waals surface area contributed by atoms with Gasteiger partial charge in [-0.15, -0.1) is 30.6 Å². The minimum Gasteiger partial charge on any atom is -0.111 e. The third-order valence-electron chi connectivity index (χ3n) is 1.47. The maximum atomic E-state index is 3.69. The van der Waals surface area contributed by atoms with Crippen LogP contribution in [0.15, 0.2) is 0 Å². The summed E-state index contributed by atoms with van der Waals surface area (Å²) in [6.45, 7) is 4.54. The van der Waals surface area contributed by atoms with Gasteiger partial charge in [0.2, 0.25) is 0 Å². The minimum atomic E-state index is -1.08. The first-order valence-corrected chi connectivity index (χ1v) is 11.2. The fourth-order valence-corrected chi connectivity index (χ4v) is 3.42. The summed E-state index contributed by atoms with van der Waals surface area (Å²) in [6.07, 6.45) is 5.51. The smallest absolute Gasteiger partial charge is 0.111 e. The van der Waals surface area contributed by atoms with Gasteiger partial charge >= 0.3 is 0 Å². The van der Waals surface area contributed by atoms with Crippen molar-refractivity contribution in [2.45, 2.75) is 45.2 Å². The zero-order chi connectivity index (χ0) is 8.04. The second-order valence-corrected chi connectivity index (χ2v) is 19.2. The number of hydrogen-bond acceptors (Lipinski definition) is 0. The molecule has 0 spiro atoms. The molecule has 62 valence electrons. The monoisotopic (exact) mass is 286 g/mol. The highest BCUT2D eigenvalue weighted by molar-refractivity contribution is 9.51. The van der Waals surface area contributed by atoms with Crippen LogP contribution in [0.25, 0.3) is 0 Å². The van der Waals surface area contributed by atoms with Gasteiger partial charge in [0.15, 0.2) is 5.31 Å². The predicted octanol–water partition coefficient (Wildman–Crippen LogP) is 4.43. The lowest BCUT2D eigenvalue weighted by Gasteiger charge is -2.09. The van der Waals surface area contributed by atoms with Crippen molar-refractivity contribution in [2.75, 3.05) is 0 Å². The number of rotatable bonds is 5. The normalized spacial score (nSPS) is 12.0. The Balaban J connectivity index is 3.04. The highest BCUT2D eigenvalue weighted by atomic mass is 79.9. The third-order valence-corrected chi connectivity index (χ3v) is 5.08. The molecule has 0 aromatic rings. The van der Waals surface area contributed by atoms with Crippen molar-refractivity contribution in [3.8, 4) is 0 Å². The Morgan fingerprint density at radius 2 is 1.70 bits per heavy atom. The summed E-state index contributed by atoms with van der Waals surface area (Å²) in [5.74, 6) is 0. The van der Waals surface area contributed by atoms with Gasteiger partial charge in [-0.05, 0) is 6.04 Å². The fourth-order valence-electron chi connectivity index (χ4n) is 0.862. The first kappa shape index (κ1) is 11.2. The molecule has 0 fully saturated rings. The summed E-state index contributed by atoms with van der Waals surface area (Å²) in [7, 11) is 0. The maximum Gasteiger partial charge on any atom is 0.198 e. The fraction of sp³-hybridized carbons (Fsp3) is 1.00. The van der Waals surface area contributed by atoms with Crippen molar-refractivity contribution in [3.05, 3.63) is 0 Å². The molecule has 0 nitrogen and oxygen atoms in total. The van der Waals surface area contributed by atoms with E-state index >= 15 is 0 Å². The molecule has 0 aliphatic rings. The molecule has 0 atom stereocenters. The Bertz CT molecular complexity index is 78.2. The molecule has 0 aliphatic carbocycles. The Hall–Kier alpha value is 1.18. The molecule has 0 amide bonds. The van der Waals surface area contributed by atoms with E-state index in [1.165, 1.54) is 31.7 Å². The van der Waals surface area contributed by atoms with Crippen molar-refractivity contribution in [1.29, 1.82) is 0 Å². The summed E-state index contributed by atoms with van der Waals surface area (Å²) < 4.78 is 0. The van der Waals surface area contributed by atoms with Crippen molar-refractivity contribution in [3.63, 3.8) is 0 Å². The Kier molecular flexibility index (Phi) is 6.46. The van der Waals surface area contributed by atoms with Crippen LogP contribution in [0.3, 0.4) is 0 Å². The van der Waals surface area contributed by atoms with E-state index in [0.29, 0.717) is 0 Å². The predicted molar refractivity (Wildman–Crippen MR) is 58.4 cm³/mol. The van der Waals surface area contributed by atoms with E-state index in [9.17, 15) is 0 Å². The van der Waals surface area contributed by atoms with Gasteiger partial charge in [-0.25, -0.2) is 0 Å². The van der Waals surface area contributed by atoms with Crippen LogP contribution in [0.4, 0.5) is 0 Å². The SMILES string of the molecule is CCCCCC[Si](C)(Br)Br. The first-order valence-electron chi connectivity index (χ1n) is 3.94. The Morgan fingerprint density at radius 3 is 2.10 bits per heavy atom. The van der Waals surface area contributed by atoms with Gasteiger partial charge in [-0.1, -0.05) is 39.2 Å². The maximum absolute atomic E-state index is 3.69. The van der Waals surface area contributed by atoms with Crippen LogP contribution in [-0.2, 0) is 0 Å². The molecule has 0 bridgehead atoms. The molecular formula is C7H16Br2Si.